The van der Waals surface area contributed by atoms with Crippen LogP contribution in [0.5, 0.6) is 0 Å². The number of nitrogens with zero attached hydrogens (tertiary/aromatic N) is 3. The Morgan fingerprint density at radius 2 is 2.13 bits per heavy atom. The summed E-state index contributed by atoms with van der Waals surface area (Å²) in [5, 5.41) is 20.3. The van der Waals surface area contributed by atoms with Crippen molar-refractivity contribution in [3.8, 4) is 11.3 Å². The van der Waals surface area contributed by atoms with Gasteiger partial charge in [-0.05, 0) is 24.3 Å². The maximum absolute atomic E-state index is 13.0. The fraction of sp³-hybridized carbons (Fsp3) is 0.250. The van der Waals surface area contributed by atoms with Crippen molar-refractivity contribution in [3.63, 3.8) is 0 Å². The number of aliphatic hydroxyl groups excluding tert-OH is 1. The zero-order valence-electron chi connectivity index (χ0n) is 12.7. The number of aliphatic hydroxyl groups is 1. The van der Waals surface area contributed by atoms with Crippen LogP contribution in [0.2, 0.25) is 0 Å². The number of aromatic amines is 1. The van der Waals surface area contributed by atoms with Crippen molar-refractivity contribution in [2.45, 2.75) is 12.6 Å². The monoisotopic (exact) mass is 315 g/mol. The van der Waals surface area contributed by atoms with Crippen molar-refractivity contribution in [1.82, 2.24) is 25.1 Å². The fourth-order valence-electron chi connectivity index (χ4n) is 2.44. The molecule has 0 aliphatic heterocycles. The standard InChI is InChI=1S/C16H18FN5O/c1-22-7-6-19-16(22)14(23)10-18-8-12-9-20-21-15(12)11-2-4-13(17)5-3-11/h2-7,9,14,18,23H,8,10H2,1H3,(H,20,21)/t14-/m1/s1. The minimum Gasteiger partial charge on any atom is -0.384 e. The Hall–Kier alpha value is -2.51. The lowest BCUT2D eigenvalue weighted by Crippen LogP contribution is -2.23. The zero-order valence-corrected chi connectivity index (χ0v) is 12.7. The van der Waals surface area contributed by atoms with Crippen LogP contribution in [0.15, 0.2) is 42.9 Å². The van der Waals surface area contributed by atoms with E-state index in [2.05, 4.69) is 20.5 Å². The second-order valence-electron chi connectivity index (χ2n) is 5.32. The molecule has 0 aliphatic rings. The second-order valence-corrected chi connectivity index (χ2v) is 5.32. The number of aromatic nitrogens is 4. The minimum absolute atomic E-state index is 0.272. The number of benzene rings is 1. The van der Waals surface area contributed by atoms with Gasteiger partial charge in [0.25, 0.3) is 0 Å². The molecule has 0 fully saturated rings. The number of aryl methyl sites for hydroxylation is 1. The number of nitrogens with one attached hydrogen (secondary N) is 2. The van der Waals surface area contributed by atoms with E-state index in [1.807, 2.05) is 7.05 Å². The van der Waals surface area contributed by atoms with Crippen molar-refractivity contribution in [2.24, 2.45) is 7.05 Å². The normalized spacial score (nSPS) is 12.5. The highest BCUT2D eigenvalue weighted by Crippen LogP contribution is 2.21. The van der Waals surface area contributed by atoms with E-state index in [4.69, 9.17) is 0 Å². The number of H-pyrrole nitrogens is 1. The summed E-state index contributed by atoms with van der Waals surface area (Å²) in [6.45, 7) is 0.906. The van der Waals surface area contributed by atoms with Crippen molar-refractivity contribution in [3.05, 3.63) is 60.1 Å². The maximum atomic E-state index is 13.0. The van der Waals surface area contributed by atoms with E-state index in [0.717, 1.165) is 16.8 Å². The first-order chi connectivity index (χ1) is 11.1. The van der Waals surface area contributed by atoms with E-state index in [9.17, 15) is 9.50 Å². The van der Waals surface area contributed by atoms with Crippen molar-refractivity contribution >= 4 is 0 Å². The molecule has 2 heterocycles. The van der Waals surface area contributed by atoms with Gasteiger partial charge in [-0.25, -0.2) is 9.37 Å². The van der Waals surface area contributed by atoms with Gasteiger partial charge in [0.2, 0.25) is 0 Å². The molecule has 0 radical (unpaired) electrons. The topological polar surface area (TPSA) is 78.8 Å². The highest BCUT2D eigenvalue weighted by molar-refractivity contribution is 5.62. The molecule has 1 aromatic carbocycles. The molecule has 2 aromatic heterocycles. The molecule has 120 valence electrons. The molecule has 0 unspecified atom stereocenters. The summed E-state index contributed by atoms with van der Waals surface area (Å²) in [6.07, 6.45) is 4.48. The van der Waals surface area contributed by atoms with Crippen LogP contribution < -0.4 is 5.32 Å². The van der Waals surface area contributed by atoms with E-state index in [1.54, 1.807) is 35.3 Å². The molecule has 3 N–H and O–H groups in total. The van der Waals surface area contributed by atoms with E-state index in [0.29, 0.717) is 18.9 Å². The predicted molar refractivity (Wildman–Crippen MR) is 83.9 cm³/mol. The van der Waals surface area contributed by atoms with Gasteiger partial charge < -0.3 is 15.0 Å². The summed E-state index contributed by atoms with van der Waals surface area (Å²) in [5.41, 5.74) is 2.65. The Kier molecular flexibility index (Phi) is 4.50. The van der Waals surface area contributed by atoms with E-state index < -0.39 is 6.10 Å². The van der Waals surface area contributed by atoms with Crippen LogP contribution >= 0.6 is 0 Å². The molecule has 7 heteroatoms. The summed E-state index contributed by atoms with van der Waals surface area (Å²) >= 11 is 0. The lowest BCUT2D eigenvalue weighted by molar-refractivity contribution is 0.161. The van der Waals surface area contributed by atoms with E-state index >= 15 is 0 Å². The van der Waals surface area contributed by atoms with Crippen LogP contribution in [-0.4, -0.2) is 31.4 Å². The van der Waals surface area contributed by atoms with Gasteiger partial charge in [-0.2, -0.15) is 5.10 Å². The molecule has 3 rings (SSSR count). The molecule has 0 aliphatic carbocycles. The SMILES string of the molecule is Cn1ccnc1[C@H](O)CNCc1cn[nH]c1-c1ccc(F)cc1. The highest BCUT2D eigenvalue weighted by atomic mass is 19.1. The van der Waals surface area contributed by atoms with Gasteiger partial charge in [-0.1, -0.05) is 0 Å². The van der Waals surface area contributed by atoms with E-state index in [-0.39, 0.29) is 5.82 Å². The molecule has 6 nitrogen and oxygen atoms in total. The summed E-state index contributed by atoms with van der Waals surface area (Å²) in [7, 11) is 1.84. The van der Waals surface area contributed by atoms with Crippen LogP contribution in [0.25, 0.3) is 11.3 Å². The molecular formula is C16H18FN5O. The summed E-state index contributed by atoms with van der Waals surface area (Å²) in [5.74, 6) is 0.342. The predicted octanol–water partition coefficient (Wildman–Crippen LogP) is 1.77. The Balaban J connectivity index is 1.62. The van der Waals surface area contributed by atoms with Crippen LogP contribution in [0.4, 0.5) is 4.39 Å². The average molecular weight is 315 g/mol. The van der Waals surface area contributed by atoms with Gasteiger partial charge in [0.15, 0.2) is 0 Å². The highest BCUT2D eigenvalue weighted by Gasteiger charge is 2.13. The van der Waals surface area contributed by atoms with Crippen LogP contribution in [-0.2, 0) is 13.6 Å². The van der Waals surface area contributed by atoms with Crippen molar-refractivity contribution < 1.29 is 9.50 Å². The first-order valence-corrected chi connectivity index (χ1v) is 7.29. The Labute approximate surface area is 133 Å². The molecule has 0 saturated carbocycles. The molecule has 23 heavy (non-hydrogen) atoms. The number of rotatable bonds is 6. The Bertz CT molecular complexity index is 765. The molecule has 3 aromatic rings. The van der Waals surface area contributed by atoms with Crippen LogP contribution in [0, 0.1) is 5.82 Å². The third kappa shape index (κ3) is 3.46. The van der Waals surface area contributed by atoms with Crippen LogP contribution in [0.3, 0.4) is 0 Å². The number of hydrogen-bond donors (Lipinski definition) is 3. The third-order valence-electron chi connectivity index (χ3n) is 3.66. The smallest absolute Gasteiger partial charge is 0.138 e. The van der Waals surface area contributed by atoms with Gasteiger partial charge in [0, 0.05) is 43.7 Å². The summed E-state index contributed by atoms with van der Waals surface area (Å²) in [4.78, 5) is 4.12. The molecular weight excluding hydrogens is 297 g/mol. The van der Waals surface area contributed by atoms with Crippen molar-refractivity contribution in [2.75, 3.05) is 6.54 Å². The average Bonchev–Trinajstić information content (AvgIpc) is 3.17. The minimum atomic E-state index is -0.684. The van der Waals surface area contributed by atoms with Gasteiger partial charge in [-0.15, -0.1) is 0 Å². The second kappa shape index (κ2) is 6.72. The third-order valence-corrected chi connectivity index (χ3v) is 3.66. The number of hydrogen-bond acceptors (Lipinski definition) is 4. The fourth-order valence-corrected chi connectivity index (χ4v) is 2.44. The largest absolute Gasteiger partial charge is 0.384 e. The van der Waals surface area contributed by atoms with Gasteiger partial charge >= 0.3 is 0 Å². The Morgan fingerprint density at radius 3 is 2.83 bits per heavy atom. The summed E-state index contributed by atoms with van der Waals surface area (Å²) < 4.78 is 14.8. The molecule has 0 bridgehead atoms. The first-order valence-electron chi connectivity index (χ1n) is 7.29. The van der Waals surface area contributed by atoms with Crippen LogP contribution in [0.1, 0.15) is 17.5 Å². The maximum Gasteiger partial charge on any atom is 0.138 e. The molecule has 1 atom stereocenters. The lowest BCUT2D eigenvalue weighted by atomic mass is 10.1. The molecule has 0 spiro atoms. The lowest BCUT2D eigenvalue weighted by Gasteiger charge is -2.12. The van der Waals surface area contributed by atoms with Gasteiger partial charge in [-0.3, -0.25) is 5.10 Å². The van der Waals surface area contributed by atoms with Crippen molar-refractivity contribution in [1.29, 1.82) is 0 Å². The Morgan fingerprint density at radius 1 is 1.35 bits per heavy atom. The van der Waals surface area contributed by atoms with E-state index in [1.165, 1.54) is 12.1 Å². The zero-order chi connectivity index (χ0) is 16.2. The number of imidazole rings is 1. The summed E-state index contributed by atoms with van der Waals surface area (Å²) in [6, 6.07) is 6.24. The quantitative estimate of drug-likeness (QED) is 0.648. The van der Waals surface area contributed by atoms with Gasteiger partial charge in [0.1, 0.15) is 17.7 Å². The van der Waals surface area contributed by atoms with Gasteiger partial charge in [0.05, 0.1) is 11.9 Å². The molecule has 0 saturated heterocycles. The first kappa shape index (κ1) is 15.4. The number of halogens is 1. The molecule has 0 amide bonds.